The largest absolute Gasteiger partial charge is 0.269 e. The first kappa shape index (κ1) is 5.99. The minimum atomic E-state index is 1.52. The number of hydrogen-bond donors (Lipinski definition) is 0. The third-order valence-corrected chi connectivity index (χ3v) is 0.501. The number of hydrogen-bond acceptors (Lipinski definition) is 2. The average molecular weight is 96.1 g/mol. The first-order valence-electron chi connectivity index (χ1n) is 1.86. The lowest BCUT2D eigenvalue weighted by Crippen LogP contribution is -1.96. The van der Waals surface area contributed by atoms with Crippen LogP contribution in [0, 0.1) is 0 Å². The van der Waals surface area contributed by atoms with E-state index in [-0.39, 0.29) is 0 Å². The molecule has 2 nitrogen and oxygen atoms in total. The lowest BCUT2D eigenvalue weighted by Gasteiger charge is -1.98. The van der Waals surface area contributed by atoms with Crippen LogP contribution in [0.4, 0.5) is 0 Å². The molecular weight excluding hydrogens is 88.1 g/mol. The topological polar surface area (TPSA) is 15.6 Å². The maximum absolute atomic E-state index is 3.50. The van der Waals surface area contributed by atoms with Crippen LogP contribution in [0.1, 0.15) is 0 Å². The fourth-order valence-electron chi connectivity index (χ4n) is 0.173. The van der Waals surface area contributed by atoms with Gasteiger partial charge in [-0.05, 0) is 0 Å². The molecule has 0 amide bonds. The van der Waals surface area contributed by atoms with Crippen LogP contribution in [0.3, 0.4) is 0 Å². The Hall–Kier alpha value is -1.01. The molecule has 0 aromatic heterocycles. The second-order valence-corrected chi connectivity index (χ2v) is 1.05. The van der Waals surface area contributed by atoms with Crippen LogP contribution in [0.25, 0.3) is 0 Å². The molecule has 2 heteroatoms. The Morgan fingerprint density at radius 1 is 1.86 bits per heavy atom. The fourth-order valence-corrected chi connectivity index (χ4v) is 0.173. The molecule has 0 saturated carbocycles. The van der Waals surface area contributed by atoms with Crippen molar-refractivity contribution in [1.29, 1.82) is 0 Å². The molecule has 0 fully saturated rings. The van der Waals surface area contributed by atoms with Crippen molar-refractivity contribution in [1.82, 2.24) is 5.01 Å². The van der Waals surface area contributed by atoms with Crippen LogP contribution < -0.4 is 0 Å². The maximum Gasteiger partial charge on any atom is 0.0641 e. The van der Waals surface area contributed by atoms with E-state index in [4.69, 9.17) is 0 Å². The van der Waals surface area contributed by atoms with Crippen molar-refractivity contribution in [3.05, 3.63) is 18.5 Å². The Balaban J connectivity index is 3.56. The SMILES string of the molecule is C=C=CN(C)N=C. The van der Waals surface area contributed by atoms with Gasteiger partial charge in [-0.2, -0.15) is 5.10 Å². The number of nitrogens with zero attached hydrogens (tertiary/aromatic N) is 2. The van der Waals surface area contributed by atoms with Crippen molar-refractivity contribution in [3.8, 4) is 0 Å². The van der Waals surface area contributed by atoms with Crippen molar-refractivity contribution < 1.29 is 0 Å². The van der Waals surface area contributed by atoms with Crippen molar-refractivity contribution in [2.75, 3.05) is 7.05 Å². The number of rotatable bonds is 2. The van der Waals surface area contributed by atoms with E-state index in [9.17, 15) is 0 Å². The molecule has 0 heterocycles. The zero-order valence-corrected chi connectivity index (χ0v) is 4.39. The van der Waals surface area contributed by atoms with E-state index in [1.54, 1.807) is 13.2 Å². The summed E-state index contributed by atoms with van der Waals surface area (Å²) < 4.78 is 0. The summed E-state index contributed by atoms with van der Waals surface area (Å²) in [6.45, 7) is 6.59. The minimum absolute atomic E-state index is 1.52. The molecule has 0 aliphatic rings. The van der Waals surface area contributed by atoms with Crippen molar-refractivity contribution in [3.63, 3.8) is 0 Å². The predicted octanol–water partition coefficient (Wildman–Crippen LogP) is 0.832. The summed E-state index contributed by atoms with van der Waals surface area (Å²) in [5.41, 5.74) is 2.54. The van der Waals surface area contributed by atoms with Crippen LogP contribution >= 0.6 is 0 Å². The van der Waals surface area contributed by atoms with Crippen LogP contribution in [0.2, 0.25) is 0 Å². The van der Waals surface area contributed by atoms with E-state index in [0.717, 1.165) is 0 Å². The monoisotopic (exact) mass is 96.1 g/mol. The summed E-state index contributed by atoms with van der Waals surface area (Å²) in [5, 5.41) is 5.02. The molecule has 0 aromatic rings. The second kappa shape index (κ2) is 3.19. The van der Waals surface area contributed by atoms with Gasteiger partial charge in [-0.3, -0.25) is 5.01 Å². The minimum Gasteiger partial charge on any atom is -0.269 e. The summed E-state index contributed by atoms with van der Waals surface area (Å²) in [6, 6.07) is 0. The third kappa shape index (κ3) is 2.80. The van der Waals surface area contributed by atoms with Crippen molar-refractivity contribution in [2.45, 2.75) is 0 Å². The molecular formula is C5H8N2. The quantitative estimate of drug-likeness (QED) is 0.282. The van der Waals surface area contributed by atoms with Gasteiger partial charge in [0.25, 0.3) is 0 Å². The Morgan fingerprint density at radius 2 is 2.43 bits per heavy atom. The van der Waals surface area contributed by atoms with Crippen LogP contribution in [-0.4, -0.2) is 18.8 Å². The summed E-state index contributed by atoms with van der Waals surface area (Å²) >= 11 is 0. The molecule has 7 heavy (non-hydrogen) atoms. The highest BCUT2D eigenvalue weighted by Gasteiger charge is 1.71. The van der Waals surface area contributed by atoms with Gasteiger partial charge >= 0.3 is 0 Å². The fraction of sp³-hybridized carbons (Fsp3) is 0.200. The Morgan fingerprint density at radius 3 is 2.57 bits per heavy atom. The van der Waals surface area contributed by atoms with E-state index >= 15 is 0 Å². The molecule has 0 saturated heterocycles. The lowest BCUT2D eigenvalue weighted by molar-refractivity contribution is 0.496. The van der Waals surface area contributed by atoms with Gasteiger partial charge in [0.2, 0.25) is 0 Å². The van der Waals surface area contributed by atoms with Crippen molar-refractivity contribution in [2.24, 2.45) is 5.10 Å². The van der Waals surface area contributed by atoms with Crippen molar-refractivity contribution >= 4 is 6.72 Å². The van der Waals surface area contributed by atoms with Gasteiger partial charge in [0.15, 0.2) is 0 Å². The molecule has 0 rings (SSSR count). The third-order valence-electron chi connectivity index (χ3n) is 0.501. The predicted molar refractivity (Wildman–Crippen MR) is 31.0 cm³/mol. The smallest absolute Gasteiger partial charge is 0.0641 e. The Kier molecular flexibility index (Phi) is 2.73. The highest BCUT2D eigenvalue weighted by molar-refractivity contribution is 5.22. The van der Waals surface area contributed by atoms with Gasteiger partial charge < -0.3 is 0 Å². The van der Waals surface area contributed by atoms with E-state index in [1.807, 2.05) is 0 Å². The molecule has 0 radical (unpaired) electrons. The van der Waals surface area contributed by atoms with E-state index < -0.39 is 0 Å². The van der Waals surface area contributed by atoms with E-state index in [0.29, 0.717) is 0 Å². The summed E-state index contributed by atoms with van der Waals surface area (Å²) in [4.78, 5) is 0. The molecule has 38 valence electrons. The standard InChI is InChI=1S/C5H8N2/c1-4-5-7(3)6-2/h5H,1-2H2,3H3. The van der Waals surface area contributed by atoms with Gasteiger partial charge in [0.1, 0.15) is 0 Å². The highest BCUT2D eigenvalue weighted by Crippen LogP contribution is 1.76. The Bertz CT molecular complexity index is 101. The maximum atomic E-state index is 3.50. The van der Waals surface area contributed by atoms with Gasteiger partial charge in [-0.1, -0.05) is 6.58 Å². The molecule has 0 N–H and O–H groups in total. The van der Waals surface area contributed by atoms with Gasteiger partial charge in [-0.15, -0.1) is 5.73 Å². The van der Waals surface area contributed by atoms with Crippen LogP contribution in [-0.2, 0) is 0 Å². The van der Waals surface area contributed by atoms with Crippen LogP contribution in [0.5, 0.6) is 0 Å². The second-order valence-electron chi connectivity index (χ2n) is 1.05. The molecule has 0 aromatic carbocycles. The highest BCUT2D eigenvalue weighted by atomic mass is 15.4. The first-order valence-corrected chi connectivity index (χ1v) is 1.86. The van der Waals surface area contributed by atoms with Gasteiger partial charge in [-0.25, -0.2) is 0 Å². The molecule has 0 aliphatic carbocycles. The Labute approximate surface area is 43.4 Å². The van der Waals surface area contributed by atoms with E-state index in [2.05, 4.69) is 24.1 Å². The zero-order valence-electron chi connectivity index (χ0n) is 4.39. The average Bonchev–Trinajstić information content (AvgIpc) is 1.68. The van der Waals surface area contributed by atoms with Crippen LogP contribution in [0.15, 0.2) is 23.6 Å². The molecule has 0 unspecified atom stereocenters. The van der Waals surface area contributed by atoms with E-state index in [1.165, 1.54) is 5.01 Å². The normalized spacial score (nSPS) is 6.43. The molecule has 0 spiro atoms. The number of hydrazone groups is 1. The summed E-state index contributed by atoms with van der Waals surface area (Å²) in [5.74, 6) is 0. The molecule has 0 bridgehead atoms. The first-order chi connectivity index (χ1) is 3.31. The summed E-state index contributed by atoms with van der Waals surface area (Å²) in [7, 11) is 1.76. The van der Waals surface area contributed by atoms with Gasteiger partial charge in [0, 0.05) is 13.8 Å². The van der Waals surface area contributed by atoms with Gasteiger partial charge in [0.05, 0.1) is 6.20 Å². The molecule has 0 atom stereocenters. The zero-order chi connectivity index (χ0) is 5.70. The molecule has 0 aliphatic heterocycles. The lowest BCUT2D eigenvalue weighted by atomic mass is 10.8. The summed E-state index contributed by atoms with van der Waals surface area (Å²) in [6.07, 6.45) is 1.59.